The van der Waals surface area contributed by atoms with Crippen molar-refractivity contribution in [3.05, 3.63) is 29.7 Å². The van der Waals surface area contributed by atoms with Crippen LogP contribution in [0.4, 0.5) is 4.39 Å². The minimum atomic E-state index is -1.09. The maximum atomic E-state index is 13.6. The predicted molar refractivity (Wildman–Crippen MR) is 56.4 cm³/mol. The van der Waals surface area contributed by atoms with Crippen molar-refractivity contribution in [2.24, 2.45) is 7.05 Å². The first kappa shape index (κ1) is 10.5. The summed E-state index contributed by atoms with van der Waals surface area (Å²) < 4.78 is 20.0. The third-order valence-electron chi connectivity index (χ3n) is 2.54. The van der Waals surface area contributed by atoms with E-state index in [4.69, 9.17) is 9.84 Å². The van der Waals surface area contributed by atoms with Gasteiger partial charge >= 0.3 is 5.97 Å². The van der Waals surface area contributed by atoms with Crippen LogP contribution in [0.1, 0.15) is 10.5 Å². The van der Waals surface area contributed by atoms with Crippen LogP contribution in [0.25, 0.3) is 10.9 Å². The van der Waals surface area contributed by atoms with Gasteiger partial charge in [-0.05, 0) is 6.07 Å². The molecule has 1 aromatic carbocycles. The van der Waals surface area contributed by atoms with E-state index in [2.05, 4.69) is 0 Å². The summed E-state index contributed by atoms with van der Waals surface area (Å²) in [6, 6.07) is 4.14. The zero-order valence-electron chi connectivity index (χ0n) is 8.82. The molecule has 4 nitrogen and oxygen atoms in total. The first-order valence-corrected chi connectivity index (χ1v) is 4.61. The Morgan fingerprint density at radius 3 is 2.69 bits per heavy atom. The van der Waals surface area contributed by atoms with Crippen molar-refractivity contribution >= 4 is 16.9 Å². The van der Waals surface area contributed by atoms with Crippen molar-refractivity contribution in [2.75, 3.05) is 7.11 Å². The van der Waals surface area contributed by atoms with E-state index in [-0.39, 0.29) is 11.1 Å². The summed E-state index contributed by atoms with van der Waals surface area (Å²) in [7, 11) is 3.01. The molecule has 2 aromatic rings. The number of carboxylic acid groups (broad SMARTS) is 1. The fourth-order valence-electron chi connectivity index (χ4n) is 1.69. The molecule has 0 aliphatic rings. The minimum Gasteiger partial charge on any atom is -0.497 e. The Bertz CT molecular complexity index is 574. The third kappa shape index (κ3) is 1.41. The van der Waals surface area contributed by atoms with Crippen LogP contribution in [-0.2, 0) is 7.05 Å². The average Bonchev–Trinajstić information content (AvgIpc) is 2.57. The first-order valence-electron chi connectivity index (χ1n) is 4.61. The van der Waals surface area contributed by atoms with Crippen LogP contribution in [0, 0.1) is 5.82 Å². The molecule has 1 N–H and O–H groups in total. The Morgan fingerprint density at radius 2 is 2.12 bits per heavy atom. The minimum absolute atomic E-state index is 0.0437. The van der Waals surface area contributed by atoms with Gasteiger partial charge in [0.1, 0.15) is 17.3 Å². The van der Waals surface area contributed by atoms with E-state index in [0.29, 0.717) is 11.3 Å². The van der Waals surface area contributed by atoms with Crippen molar-refractivity contribution in [3.63, 3.8) is 0 Å². The molecule has 0 fully saturated rings. The van der Waals surface area contributed by atoms with Crippen LogP contribution in [0.3, 0.4) is 0 Å². The fraction of sp³-hybridized carbons (Fsp3) is 0.182. The quantitative estimate of drug-likeness (QED) is 0.847. The monoisotopic (exact) mass is 223 g/mol. The number of nitrogens with zero attached hydrogens (tertiary/aromatic N) is 1. The van der Waals surface area contributed by atoms with Gasteiger partial charge in [0.15, 0.2) is 0 Å². The highest BCUT2D eigenvalue weighted by Gasteiger charge is 2.15. The van der Waals surface area contributed by atoms with Crippen molar-refractivity contribution < 1.29 is 19.0 Å². The summed E-state index contributed by atoms with van der Waals surface area (Å²) in [5, 5.41) is 9.19. The Hall–Kier alpha value is -2.04. The van der Waals surface area contributed by atoms with Crippen LogP contribution in [-0.4, -0.2) is 22.8 Å². The van der Waals surface area contributed by atoms with Crippen LogP contribution in [0.15, 0.2) is 18.2 Å². The number of carboxylic acids is 1. The fourth-order valence-corrected chi connectivity index (χ4v) is 1.69. The number of benzene rings is 1. The molecule has 16 heavy (non-hydrogen) atoms. The number of carbonyl (C=O) groups is 1. The number of methoxy groups -OCH3 is 1. The molecular weight excluding hydrogens is 213 g/mol. The Morgan fingerprint density at radius 1 is 1.44 bits per heavy atom. The van der Waals surface area contributed by atoms with Gasteiger partial charge in [-0.3, -0.25) is 0 Å². The highest BCUT2D eigenvalue weighted by molar-refractivity contribution is 5.95. The second-order valence-electron chi connectivity index (χ2n) is 3.44. The summed E-state index contributed by atoms with van der Waals surface area (Å²) in [6.45, 7) is 0. The molecule has 1 aromatic heterocycles. The second-order valence-corrected chi connectivity index (χ2v) is 3.44. The number of fused-ring (bicyclic) bond motifs is 1. The van der Waals surface area contributed by atoms with Crippen molar-refractivity contribution in [1.82, 2.24) is 4.57 Å². The Balaban J connectivity index is 2.81. The largest absolute Gasteiger partial charge is 0.497 e. The Kier molecular flexibility index (Phi) is 2.30. The number of aromatic carboxylic acids is 1. The van der Waals surface area contributed by atoms with Gasteiger partial charge in [-0.25, -0.2) is 9.18 Å². The summed E-state index contributed by atoms with van der Waals surface area (Å²) in [4.78, 5) is 10.9. The molecule has 0 unspecified atom stereocenters. The smallest absolute Gasteiger partial charge is 0.352 e. The Labute approximate surface area is 90.9 Å². The van der Waals surface area contributed by atoms with E-state index in [9.17, 15) is 9.18 Å². The molecule has 0 atom stereocenters. The van der Waals surface area contributed by atoms with E-state index in [1.54, 1.807) is 13.1 Å². The summed E-state index contributed by atoms with van der Waals surface area (Å²) >= 11 is 0. The van der Waals surface area contributed by atoms with E-state index >= 15 is 0 Å². The first-order chi connectivity index (χ1) is 7.54. The number of rotatable bonds is 2. The van der Waals surface area contributed by atoms with E-state index < -0.39 is 11.8 Å². The van der Waals surface area contributed by atoms with Crippen LogP contribution < -0.4 is 4.74 Å². The lowest BCUT2D eigenvalue weighted by atomic mass is 10.2. The normalized spacial score (nSPS) is 10.7. The number of aromatic nitrogens is 1. The summed E-state index contributed by atoms with van der Waals surface area (Å²) in [5.41, 5.74) is 0.538. The standard InChI is InChI=1S/C11H10FNO3/c1-13-9-4-6(16-2)3-8(12)7(9)5-10(13)11(14)15/h3-5H,1-2H3,(H,14,15). The number of aryl methyl sites for hydroxylation is 1. The van der Waals surface area contributed by atoms with Gasteiger partial charge in [-0.1, -0.05) is 0 Å². The molecule has 0 aliphatic heterocycles. The molecule has 84 valence electrons. The van der Waals surface area contributed by atoms with E-state index in [1.807, 2.05) is 0 Å². The lowest BCUT2D eigenvalue weighted by Gasteiger charge is -2.03. The maximum absolute atomic E-state index is 13.6. The van der Waals surface area contributed by atoms with Crippen molar-refractivity contribution in [2.45, 2.75) is 0 Å². The van der Waals surface area contributed by atoms with Gasteiger partial charge in [0.05, 0.1) is 12.6 Å². The molecule has 0 aliphatic carbocycles. The maximum Gasteiger partial charge on any atom is 0.352 e. The van der Waals surface area contributed by atoms with Gasteiger partial charge < -0.3 is 14.4 Å². The van der Waals surface area contributed by atoms with Crippen LogP contribution in [0.2, 0.25) is 0 Å². The summed E-state index contributed by atoms with van der Waals surface area (Å²) in [6.07, 6.45) is 0. The molecule has 0 saturated heterocycles. The average molecular weight is 223 g/mol. The second kappa shape index (κ2) is 3.52. The zero-order valence-corrected chi connectivity index (χ0v) is 8.82. The van der Waals surface area contributed by atoms with Gasteiger partial charge in [0.2, 0.25) is 0 Å². The van der Waals surface area contributed by atoms with E-state index in [0.717, 1.165) is 0 Å². The van der Waals surface area contributed by atoms with E-state index in [1.165, 1.54) is 23.8 Å². The molecule has 0 spiro atoms. The molecule has 1 heterocycles. The lowest BCUT2D eigenvalue weighted by molar-refractivity contribution is 0.0687. The molecule has 0 radical (unpaired) electrons. The SMILES string of the molecule is COc1cc(F)c2cc(C(=O)O)n(C)c2c1. The van der Waals surface area contributed by atoms with Gasteiger partial charge in [-0.15, -0.1) is 0 Å². The van der Waals surface area contributed by atoms with Gasteiger partial charge in [0.25, 0.3) is 0 Å². The van der Waals surface area contributed by atoms with Crippen LogP contribution >= 0.6 is 0 Å². The molecular formula is C11H10FNO3. The number of ether oxygens (including phenoxy) is 1. The number of halogens is 1. The molecule has 0 bridgehead atoms. The lowest BCUT2D eigenvalue weighted by Crippen LogP contribution is -2.03. The highest BCUT2D eigenvalue weighted by atomic mass is 19.1. The van der Waals surface area contributed by atoms with Gasteiger partial charge in [0, 0.05) is 24.6 Å². The van der Waals surface area contributed by atoms with Crippen LogP contribution in [0.5, 0.6) is 5.75 Å². The highest BCUT2D eigenvalue weighted by Crippen LogP contribution is 2.26. The van der Waals surface area contributed by atoms with Crippen molar-refractivity contribution in [3.8, 4) is 5.75 Å². The number of hydrogen-bond donors (Lipinski definition) is 1. The predicted octanol–water partition coefficient (Wildman–Crippen LogP) is 2.02. The molecule has 2 rings (SSSR count). The molecule has 0 amide bonds. The van der Waals surface area contributed by atoms with Crippen molar-refractivity contribution in [1.29, 1.82) is 0 Å². The third-order valence-corrected chi connectivity index (χ3v) is 2.54. The number of hydrogen-bond acceptors (Lipinski definition) is 2. The molecule has 0 saturated carbocycles. The topological polar surface area (TPSA) is 51.5 Å². The van der Waals surface area contributed by atoms with Gasteiger partial charge in [-0.2, -0.15) is 0 Å². The molecule has 5 heteroatoms. The zero-order chi connectivity index (χ0) is 11.9. The summed E-state index contributed by atoms with van der Waals surface area (Å²) in [5.74, 6) is -1.21.